The highest BCUT2D eigenvalue weighted by Gasteiger charge is 2.28. The first-order valence-corrected chi connectivity index (χ1v) is 6.39. The second kappa shape index (κ2) is 7.20. The van der Waals surface area contributed by atoms with Gasteiger partial charge in [0, 0.05) is 19.2 Å². The average molecular weight is 214 g/mol. The van der Waals surface area contributed by atoms with Crippen LogP contribution in [0.4, 0.5) is 0 Å². The highest BCUT2D eigenvalue weighted by molar-refractivity contribution is 4.83. The van der Waals surface area contributed by atoms with Crippen molar-refractivity contribution < 1.29 is 4.74 Å². The molecular formula is C12H26N2O. The molecule has 0 aromatic carbocycles. The Labute approximate surface area is 94.0 Å². The van der Waals surface area contributed by atoms with Gasteiger partial charge < -0.3 is 10.5 Å². The maximum Gasteiger partial charge on any atom is 0.0743 e. The van der Waals surface area contributed by atoms with Crippen molar-refractivity contribution >= 4 is 0 Å². The number of unbranched alkanes of at least 4 members (excludes halogenated alkanes) is 1. The molecule has 1 fully saturated rings. The molecule has 1 aliphatic heterocycles. The fourth-order valence-corrected chi connectivity index (χ4v) is 2.36. The van der Waals surface area contributed by atoms with Gasteiger partial charge in [-0.25, -0.2) is 0 Å². The van der Waals surface area contributed by atoms with Crippen molar-refractivity contribution in [2.24, 2.45) is 5.73 Å². The third-order valence-corrected chi connectivity index (χ3v) is 3.31. The number of nitrogens with zero attached hydrogens (tertiary/aromatic N) is 1. The van der Waals surface area contributed by atoms with Crippen LogP contribution in [0.1, 0.15) is 39.5 Å². The van der Waals surface area contributed by atoms with E-state index in [1.165, 1.54) is 25.7 Å². The van der Waals surface area contributed by atoms with Crippen LogP contribution < -0.4 is 5.73 Å². The van der Waals surface area contributed by atoms with Crippen LogP contribution in [0.2, 0.25) is 0 Å². The SMILES string of the molecule is CCCCN(CC)C(CN)C1CCCO1. The molecule has 0 amide bonds. The van der Waals surface area contributed by atoms with Gasteiger partial charge in [-0.3, -0.25) is 4.90 Å². The number of ether oxygens (including phenoxy) is 1. The van der Waals surface area contributed by atoms with E-state index < -0.39 is 0 Å². The average Bonchev–Trinajstić information content (AvgIpc) is 2.77. The van der Waals surface area contributed by atoms with Crippen LogP contribution in [0.3, 0.4) is 0 Å². The van der Waals surface area contributed by atoms with Gasteiger partial charge in [0.1, 0.15) is 0 Å². The van der Waals surface area contributed by atoms with Gasteiger partial charge in [-0.15, -0.1) is 0 Å². The molecule has 15 heavy (non-hydrogen) atoms. The van der Waals surface area contributed by atoms with Crippen LogP contribution in [-0.4, -0.2) is 43.3 Å². The first kappa shape index (κ1) is 12.9. The summed E-state index contributed by atoms with van der Waals surface area (Å²) >= 11 is 0. The summed E-state index contributed by atoms with van der Waals surface area (Å²) in [7, 11) is 0. The van der Waals surface area contributed by atoms with Gasteiger partial charge >= 0.3 is 0 Å². The summed E-state index contributed by atoms with van der Waals surface area (Å²) in [5.41, 5.74) is 5.88. The Balaban J connectivity index is 2.44. The van der Waals surface area contributed by atoms with Crippen LogP contribution in [0.25, 0.3) is 0 Å². The molecule has 0 radical (unpaired) electrons. The minimum atomic E-state index is 0.381. The molecule has 0 bridgehead atoms. The molecule has 0 spiro atoms. The highest BCUT2D eigenvalue weighted by atomic mass is 16.5. The quantitative estimate of drug-likeness (QED) is 0.700. The Bertz CT molecular complexity index is 158. The van der Waals surface area contributed by atoms with Crippen molar-refractivity contribution in [3.63, 3.8) is 0 Å². The maximum absolute atomic E-state index is 5.88. The van der Waals surface area contributed by atoms with E-state index in [4.69, 9.17) is 10.5 Å². The van der Waals surface area contributed by atoms with Gasteiger partial charge in [-0.2, -0.15) is 0 Å². The molecule has 90 valence electrons. The monoisotopic (exact) mass is 214 g/mol. The van der Waals surface area contributed by atoms with E-state index in [1.54, 1.807) is 0 Å². The standard InChI is InChI=1S/C12H26N2O/c1-3-5-8-14(4-2)11(10-13)12-7-6-9-15-12/h11-12H,3-10,13H2,1-2H3. The minimum Gasteiger partial charge on any atom is -0.377 e. The zero-order chi connectivity index (χ0) is 11.1. The zero-order valence-electron chi connectivity index (χ0n) is 10.2. The van der Waals surface area contributed by atoms with Crippen molar-refractivity contribution in [2.45, 2.75) is 51.7 Å². The number of hydrogen-bond acceptors (Lipinski definition) is 3. The molecule has 0 aromatic rings. The summed E-state index contributed by atoms with van der Waals surface area (Å²) in [5.74, 6) is 0. The number of hydrogen-bond donors (Lipinski definition) is 1. The van der Waals surface area contributed by atoms with Crippen LogP contribution in [0, 0.1) is 0 Å². The molecule has 2 N–H and O–H groups in total. The number of nitrogens with two attached hydrogens (primary N) is 1. The van der Waals surface area contributed by atoms with Crippen molar-refractivity contribution in [3.05, 3.63) is 0 Å². The van der Waals surface area contributed by atoms with Gasteiger partial charge in [0.2, 0.25) is 0 Å². The second-order valence-electron chi connectivity index (χ2n) is 4.34. The topological polar surface area (TPSA) is 38.5 Å². The van der Waals surface area contributed by atoms with E-state index in [1.807, 2.05) is 0 Å². The highest BCUT2D eigenvalue weighted by Crippen LogP contribution is 2.19. The van der Waals surface area contributed by atoms with E-state index in [0.717, 1.165) is 26.2 Å². The molecular weight excluding hydrogens is 188 g/mol. The predicted molar refractivity (Wildman–Crippen MR) is 64.0 cm³/mol. The largest absolute Gasteiger partial charge is 0.377 e. The summed E-state index contributed by atoms with van der Waals surface area (Å²) in [6, 6.07) is 0.434. The summed E-state index contributed by atoms with van der Waals surface area (Å²) < 4.78 is 5.75. The molecule has 1 heterocycles. The molecule has 3 nitrogen and oxygen atoms in total. The Morgan fingerprint density at radius 1 is 1.47 bits per heavy atom. The van der Waals surface area contributed by atoms with Crippen molar-refractivity contribution in [3.8, 4) is 0 Å². The molecule has 1 rings (SSSR count). The Morgan fingerprint density at radius 3 is 2.73 bits per heavy atom. The molecule has 1 aliphatic rings. The maximum atomic E-state index is 5.88. The predicted octanol–water partition coefficient (Wildman–Crippen LogP) is 1.61. The van der Waals surface area contributed by atoms with E-state index in [-0.39, 0.29) is 0 Å². The van der Waals surface area contributed by atoms with Crippen molar-refractivity contribution in [1.82, 2.24) is 4.90 Å². The lowest BCUT2D eigenvalue weighted by molar-refractivity contribution is 0.0286. The second-order valence-corrected chi connectivity index (χ2v) is 4.34. The Hall–Kier alpha value is -0.120. The lowest BCUT2D eigenvalue weighted by Gasteiger charge is -2.33. The first-order chi connectivity index (χ1) is 7.33. The summed E-state index contributed by atoms with van der Waals surface area (Å²) in [6.45, 7) is 8.34. The van der Waals surface area contributed by atoms with E-state index in [0.29, 0.717) is 12.1 Å². The molecule has 0 aromatic heterocycles. The Morgan fingerprint density at radius 2 is 2.27 bits per heavy atom. The fraction of sp³-hybridized carbons (Fsp3) is 1.00. The van der Waals surface area contributed by atoms with E-state index in [2.05, 4.69) is 18.7 Å². The minimum absolute atomic E-state index is 0.381. The fourth-order valence-electron chi connectivity index (χ4n) is 2.36. The third kappa shape index (κ3) is 3.74. The Kier molecular flexibility index (Phi) is 6.22. The van der Waals surface area contributed by atoms with Crippen molar-refractivity contribution in [2.75, 3.05) is 26.2 Å². The number of likely N-dealkylation sites (N-methyl/N-ethyl adjacent to an activating group) is 1. The smallest absolute Gasteiger partial charge is 0.0743 e. The normalized spacial score (nSPS) is 23.6. The molecule has 3 heteroatoms. The van der Waals surface area contributed by atoms with E-state index in [9.17, 15) is 0 Å². The lowest BCUT2D eigenvalue weighted by atomic mass is 10.1. The summed E-state index contributed by atoms with van der Waals surface area (Å²) in [4.78, 5) is 2.49. The molecule has 0 aliphatic carbocycles. The van der Waals surface area contributed by atoms with Gasteiger partial charge in [0.25, 0.3) is 0 Å². The molecule has 1 saturated heterocycles. The zero-order valence-corrected chi connectivity index (χ0v) is 10.2. The van der Waals surface area contributed by atoms with Gasteiger partial charge in [-0.1, -0.05) is 20.3 Å². The van der Waals surface area contributed by atoms with E-state index >= 15 is 0 Å². The number of rotatable bonds is 7. The van der Waals surface area contributed by atoms with Crippen LogP contribution in [-0.2, 0) is 4.74 Å². The first-order valence-electron chi connectivity index (χ1n) is 6.39. The molecule has 2 atom stereocenters. The van der Waals surface area contributed by atoms with Gasteiger partial charge in [0.05, 0.1) is 6.10 Å². The van der Waals surface area contributed by atoms with Crippen molar-refractivity contribution in [1.29, 1.82) is 0 Å². The third-order valence-electron chi connectivity index (χ3n) is 3.31. The molecule has 2 unspecified atom stereocenters. The lowest BCUT2D eigenvalue weighted by Crippen LogP contribution is -2.48. The van der Waals surface area contributed by atoms with Crippen LogP contribution >= 0.6 is 0 Å². The van der Waals surface area contributed by atoms with Gasteiger partial charge in [-0.05, 0) is 32.4 Å². The van der Waals surface area contributed by atoms with Crippen LogP contribution in [0.15, 0.2) is 0 Å². The van der Waals surface area contributed by atoms with Crippen LogP contribution in [0.5, 0.6) is 0 Å². The molecule has 0 saturated carbocycles. The van der Waals surface area contributed by atoms with Gasteiger partial charge in [0.15, 0.2) is 0 Å². The summed E-state index contributed by atoms with van der Waals surface area (Å²) in [5, 5.41) is 0. The summed E-state index contributed by atoms with van der Waals surface area (Å²) in [6.07, 6.45) is 5.28.